The monoisotopic (exact) mass is 190 g/mol. The van der Waals surface area contributed by atoms with Gasteiger partial charge in [-0.05, 0) is 6.92 Å². The third-order valence-electron chi connectivity index (χ3n) is 4.44. The fourth-order valence-corrected chi connectivity index (χ4v) is 3.63. The maximum absolute atomic E-state index is 6.16. The van der Waals surface area contributed by atoms with Crippen LogP contribution >= 0.6 is 0 Å². The molecule has 0 saturated carbocycles. The summed E-state index contributed by atoms with van der Waals surface area (Å²) in [6.45, 7) is 2.98. The molecule has 3 heterocycles. The van der Waals surface area contributed by atoms with Crippen molar-refractivity contribution < 1.29 is 9.47 Å². The second-order valence-corrected chi connectivity index (χ2v) is 5.08. The van der Waals surface area contributed by atoms with Gasteiger partial charge in [0.2, 0.25) is 0 Å². The zero-order valence-corrected chi connectivity index (χ0v) is 8.27. The lowest BCUT2D eigenvalue weighted by Crippen LogP contribution is -2.57. The maximum atomic E-state index is 6.16. The van der Waals surface area contributed by atoms with Gasteiger partial charge < -0.3 is 9.47 Å². The molecule has 2 heteroatoms. The minimum absolute atomic E-state index is 0.0191. The molecule has 0 N–H and O–H groups in total. The Labute approximate surface area is 83.6 Å². The molecule has 2 spiro atoms. The summed E-state index contributed by atoms with van der Waals surface area (Å²) in [6.07, 6.45) is 10.8. The first-order chi connectivity index (χ1) is 6.76. The highest BCUT2D eigenvalue weighted by molar-refractivity contribution is 5.42. The predicted molar refractivity (Wildman–Crippen MR) is 51.8 cm³/mol. The van der Waals surface area contributed by atoms with Crippen molar-refractivity contribution in [2.45, 2.75) is 31.2 Å². The van der Waals surface area contributed by atoms with E-state index >= 15 is 0 Å². The topological polar surface area (TPSA) is 18.5 Å². The highest BCUT2D eigenvalue weighted by atomic mass is 16.5. The van der Waals surface area contributed by atoms with Crippen molar-refractivity contribution >= 4 is 0 Å². The van der Waals surface area contributed by atoms with Crippen molar-refractivity contribution in [2.75, 3.05) is 6.61 Å². The molecular formula is C12H14O2. The van der Waals surface area contributed by atoms with Gasteiger partial charge in [0, 0.05) is 12.3 Å². The molecule has 2 saturated heterocycles. The lowest BCUT2D eigenvalue weighted by Gasteiger charge is -2.52. The molecule has 14 heavy (non-hydrogen) atoms. The van der Waals surface area contributed by atoms with Crippen molar-refractivity contribution in [1.29, 1.82) is 0 Å². The molecule has 0 aromatic carbocycles. The Balaban J connectivity index is 1.87. The third-order valence-corrected chi connectivity index (χ3v) is 4.44. The average Bonchev–Trinajstić information content (AvgIpc) is 2.54. The summed E-state index contributed by atoms with van der Waals surface area (Å²) in [5.74, 6) is 0.583. The summed E-state index contributed by atoms with van der Waals surface area (Å²) in [4.78, 5) is 0. The molecule has 74 valence electrons. The Hall–Kier alpha value is -0.600. The van der Waals surface area contributed by atoms with Crippen LogP contribution < -0.4 is 0 Å². The van der Waals surface area contributed by atoms with E-state index < -0.39 is 0 Å². The second-order valence-electron chi connectivity index (χ2n) is 5.08. The van der Waals surface area contributed by atoms with Gasteiger partial charge in [-0.25, -0.2) is 0 Å². The van der Waals surface area contributed by atoms with Gasteiger partial charge in [0.25, 0.3) is 0 Å². The Kier molecular flexibility index (Phi) is 1.09. The summed E-state index contributed by atoms with van der Waals surface area (Å²) in [6, 6.07) is 0. The Bertz CT molecular complexity index is 359. The van der Waals surface area contributed by atoms with Gasteiger partial charge in [0.1, 0.15) is 5.60 Å². The first kappa shape index (κ1) is 7.66. The molecule has 2 nitrogen and oxygen atoms in total. The molecule has 0 amide bonds. The van der Waals surface area contributed by atoms with E-state index in [1.165, 1.54) is 0 Å². The molecule has 0 radical (unpaired) electrons. The zero-order chi connectivity index (χ0) is 9.39. The average molecular weight is 190 g/mol. The molecule has 4 rings (SSSR count). The number of ether oxygens (including phenoxy) is 2. The van der Waals surface area contributed by atoms with Crippen LogP contribution in [0.3, 0.4) is 0 Å². The molecule has 4 aliphatic rings. The van der Waals surface area contributed by atoms with Crippen molar-refractivity contribution in [3.05, 3.63) is 24.3 Å². The van der Waals surface area contributed by atoms with E-state index in [0.717, 1.165) is 13.0 Å². The first-order valence-corrected chi connectivity index (χ1v) is 5.44. The van der Waals surface area contributed by atoms with Gasteiger partial charge in [-0.1, -0.05) is 24.3 Å². The molecule has 2 fully saturated rings. The maximum Gasteiger partial charge on any atom is 0.102 e. The summed E-state index contributed by atoms with van der Waals surface area (Å²) in [5, 5.41) is 0. The summed E-state index contributed by atoms with van der Waals surface area (Å²) in [7, 11) is 0. The van der Waals surface area contributed by atoms with E-state index in [4.69, 9.17) is 9.47 Å². The van der Waals surface area contributed by atoms with Crippen LogP contribution in [0.25, 0.3) is 0 Å². The van der Waals surface area contributed by atoms with Crippen LogP contribution in [0.4, 0.5) is 0 Å². The third kappa shape index (κ3) is 0.573. The summed E-state index contributed by atoms with van der Waals surface area (Å²) >= 11 is 0. The van der Waals surface area contributed by atoms with Crippen molar-refractivity contribution in [1.82, 2.24) is 0 Å². The van der Waals surface area contributed by atoms with Crippen molar-refractivity contribution in [3.63, 3.8) is 0 Å². The smallest absolute Gasteiger partial charge is 0.102 e. The fourth-order valence-electron chi connectivity index (χ4n) is 3.63. The van der Waals surface area contributed by atoms with Crippen LogP contribution in [0.5, 0.6) is 0 Å². The van der Waals surface area contributed by atoms with Crippen LogP contribution in [0.15, 0.2) is 24.3 Å². The molecule has 3 aliphatic heterocycles. The van der Waals surface area contributed by atoms with Crippen LogP contribution in [-0.4, -0.2) is 24.4 Å². The lowest BCUT2D eigenvalue weighted by atomic mass is 9.54. The van der Waals surface area contributed by atoms with Gasteiger partial charge in [-0.2, -0.15) is 0 Å². The molecule has 1 aliphatic carbocycles. The minimum atomic E-state index is -0.0191. The normalized spacial score (nSPS) is 62.2. The summed E-state index contributed by atoms with van der Waals surface area (Å²) in [5.41, 5.74) is 0.174. The van der Waals surface area contributed by atoms with Crippen molar-refractivity contribution in [3.8, 4) is 0 Å². The Morgan fingerprint density at radius 3 is 3.00 bits per heavy atom. The van der Waals surface area contributed by atoms with Crippen LogP contribution in [0, 0.1) is 11.3 Å². The van der Waals surface area contributed by atoms with E-state index in [1.807, 2.05) is 0 Å². The number of rotatable bonds is 0. The standard InChI is InChI=1S/C12H14O2/c1-8-6-12-5-3-10(14-12)9-2-4-11(9,12)7-13-8/h2-5,8-10H,6-7H2,1H3/t8-,9+,10-,11-,12-/m0/s1. The molecule has 5 atom stereocenters. The first-order valence-electron chi connectivity index (χ1n) is 5.44. The van der Waals surface area contributed by atoms with Crippen molar-refractivity contribution in [2.24, 2.45) is 11.3 Å². The molecule has 0 aromatic heterocycles. The van der Waals surface area contributed by atoms with Crippen LogP contribution in [0.1, 0.15) is 13.3 Å². The van der Waals surface area contributed by atoms with E-state index in [0.29, 0.717) is 18.1 Å². The van der Waals surface area contributed by atoms with E-state index in [9.17, 15) is 0 Å². The number of hydrogen-bond donors (Lipinski definition) is 0. The highest BCUT2D eigenvalue weighted by Crippen LogP contribution is 2.65. The molecule has 0 unspecified atom stereocenters. The Morgan fingerprint density at radius 2 is 2.21 bits per heavy atom. The largest absolute Gasteiger partial charge is 0.377 e. The quantitative estimate of drug-likeness (QED) is 0.541. The predicted octanol–water partition coefficient (Wildman–Crippen LogP) is 1.68. The van der Waals surface area contributed by atoms with E-state index in [2.05, 4.69) is 31.2 Å². The minimum Gasteiger partial charge on any atom is -0.377 e. The zero-order valence-electron chi connectivity index (χ0n) is 8.27. The van der Waals surface area contributed by atoms with Gasteiger partial charge >= 0.3 is 0 Å². The second kappa shape index (κ2) is 2.00. The van der Waals surface area contributed by atoms with Gasteiger partial charge in [0.15, 0.2) is 0 Å². The van der Waals surface area contributed by atoms with Gasteiger partial charge in [-0.3, -0.25) is 0 Å². The fraction of sp³-hybridized carbons (Fsp3) is 0.667. The SMILES string of the molecule is C[C@H]1C[C@]23C=C[C@H](O2)[C@H]2C=C[C@]23CO1. The number of fused-ring (bicyclic) bond motifs is 2. The van der Waals surface area contributed by atoms with Crippen LogP contribution in [-0.2, 0) is 9.47 Å². The van der Waals surface area contributed by atoms with Gasteiger partial charge in [0.05, 0.1) is 24.2 Å². The molecular weight excluding hydrogens is 176 g/mol. The lowest BCUT2D eigenvalue weighted by molar-refractivity contribution is -0.135. The Morgan fingerprint density at radius 1 is 1.29 bits per heavy atom. The van der Waals surface area contributed by atoms with E-state index in [-0.39, 0.29) is 11.0 Å². The number of hydrogen-bond acceptors (Lipinski definition) is 2. The van der Waals surface area contributed by atoms with Gasteiger partial charge in [-0.15, -0.1) is 0 Å². The summed E-state index contributed by atoms with van der Waals surface area (Å²) < 4.78 is 12.0. The molecule has 0 aromatic rings. The molecule has 2 bridgehead atoms. The van der Waals surface area contributed by atoms with Crippen LogP contribution in [0.2, 0.25) is 0 Å². The highest BCUT2D eigenvalue weighted by Gasteiger charge is 2.69. The van der Waals surface area contributed by atoms with E-state index in [1.54, 1.807) is 0 Å².